The maximum atomic E-state index is 9.67. The van der Waals surface area contributed by atoms with Crippen molar-refractivity contribution in [3.8, 4) is 11.8 Å². The first kappa shape index (κ1) is 21.3. The second kappa shape index (κ2) is 9.03. The number of H-pyrrole nitrogens is 1. The Morgan fingerprint density at radius 3 is 2.45 bits per heavy atom. The van der Waals surface area contributed by atoms with E-state index in [2.05, 4.69) is 16.0 Å². The molecule has 4 rings (SSSR count). The molecule has 0 saturated carbocycles. The molecule has 0 atom stereocenters. The van der Waals surface area contributed by atoms with Crippen LogP contribution in [0.1, 0.15) is 22.5 Å². The smallest absolute Gasteiger partial charge is 0.157 e. The number of nitrogens with zero attached hydrogens (tertiary/aromatic N) is 2. The molecular formula is C24H16Cl3N3O. The van der Waals surface area contributed by atoms with Gasteiger partial charge in [0, 0.05) is 5.02 Å². The summed E-state index contributed by atoms with van der Waals surface area (Å²) in [5.41, 5.74) is 4.75. The molecule has 1 heterocycles. The minimum Gasteiger partial charge on any atom is -0.486 e. The van der Waals surface area contributed by atoms with Crippen LogP contribution in [0.5, 0.6) is 5.75 Å². The largest absolute Gasteiger partial charge is 0.486 e. The van der Waals surface area contributed by atoms with Crippen molar-refractivity contribution in [1.82, 2.24) is 9.97 Å². The predicted molar refractivity (Wildman–Crippen MR) is 127 cm³/mol. The number of aromatic amines is 1. The number of allylic oxidation sites excluding steroid dienone is 1. The lowest BCUT2D eigenvalue weighted by molar-refractivity contribution is 0.306. The van der Waals surface area contributed by atoms with Gasteiger partial charge in [-0.05, 0) is 66.1 Å². The molecule has 1 aromatic heterocycles. The quantitative estimate of drug-likeness (QED) is 0.309. The summed E-state index contributed by atoms with van der Waals surface area (Å²) in [6.07, 6.45) is 1.69. The maximum Gasteiger partial charge on any atom is 0.157 e. The second-order valence-electron chi connectivity index (χ2n) is 7.00. The highest BCUT2D eigenvalue weighted by Crippen LogP contribution is 2.36. The van der Waals surface area contributed by atoms with E-state index in [0.717, 1.165) is 22.2 Å². The van der Waals surface area contributed by atoms with Crippen molar-refractivity contribution in [2.45, 2.75) is 13.5 Å². The van der Waals surface area contributed by atoms with E-state index >= 15 is 0 Å². The molecule has 0 spiro atoms. The monoisotopic (exact) mass is 467 g/mol. The highest BCUT2D eigenvalue weighted by atomic mass is 35.5. The first-order valence-corrected chi connectivity index (χ1v) is 10.5. The number of nitriles is 1. The van der Waals surface area contributed by atoms with Crippen LogP contribution in [0.25, 0.3) is 22.7 Å². The van der Waals surface area contributed by atoms with Crippen LogP contribution in [0, 0.1) is 18.3 Å². The van der Waals surface area contributed by atoms with Gasteiger partial charge in [-0.3, -0.25) is 0 Å². The maximum absolute atomic E-state index is 9.67. The summed E-state index contributed by atoms with van der Waals surface area (Å²) in [7, 11) is 0. The molecule has 7 heteroatoms. The van der Waals surface area contributed by atoms with Gasteiger partial charge in [0.1, 0.15) is 18.5 Å². The van der Waals surface area contributed by atoms with Gasteiger partial charge in [0.15, 0.2) is 5.75 Å². The Morgan fingerprint density at radius 2 is 1.77 bits per heavy atom. The van der Waals surface area contributed by atoms with Crippen molar-refractivity contribution in [1.29, 1.82) is 5.26 Å². The van der Waals surface area contributed by atoms with Crippen LogP contribution >= 0.6 is 34.8 Å². The minimum absolute atomic E-state index is 0.299. The fraction of sp³-hybridized carbons (Fsp3) is 0.0833. The van der Waals surface area contributed by atoms with Crippen molar-refractivity contribution >= 4 is 57.5 Å². The Hall–Kier alpha value is -2.97. The molecule has 0 unspecified atom stereocenters. The van der Waals surface area contributed by atoms with Gasteiger partial charge in [-0.15, -0.1) is 0 Å². The third-order valence-corrected chi connectivity index (χ3v) is 5.45. The van der Waals surface area contributed by atoms with Gasteiger partial charge in [-0.25, -0.2) is 4.98 Å². The molecule has 0 aliphatic rings. The Labute approximate surface area is 194 Å². The van der Waals surface area contributed by atoms with E-state index in [9.17, 15) is 5.26 Å². The molecule has 0 aliphatic heterocycles. The molecule has 4 aromatic rings. The average Bonchev–Trinajstić information content (AvgIpc) is 3.15. The van der Waals surface area contributed by atoms with Crippen molar-refractivity contribution in [2.24, 2.45) is 0 Å². The molecule has 0 saturated heterocycles. The predicted octanol–water partition coefficient (Wildman–Crippen LogP) is 7.47. The molecule has 0 aliphatic carbocycles. The van der Waals surface area contributed by atoms with Crippen LogP contribution in [-0.2, 0) is 6.61 Å². The van der Waals surface area contributed by atoms with Gasteiger partial charge >= 0.3 is 0 Å². The third kappa shape index (κ3) is 4.86. The Kier molecular flexibility index (Phi) is 6.20. The summed E-state index contributed by atoms with van der Waals surface area (Å²) in [5, 5.41) is 11.0. The second-order valence-corrected chi connectivity index (χ2v) is 8.26. The van der Waals surface area contributed by atoms with Crippen molar-refractivity contribution in [2.75, 3.05) is 0 Å². The van der Waals surface area contributed by atoms with E-state index in [1.54, 1.807) is 30.3 Å². The molecule has 1 N–H and O–H groups in total. The summed E-state index contributed by atoms with van der Waals surface area (Å²) < 4.78 is 5.80. The topological polar surface area (TPSA) is 61.7 Å². The SMILES string of the molecule is Cc1ccc2nc(/C(C#N)=C\c3cc(Cl)c(OCc4ccc(Cl)cc4)c(Cl)c3)[nH]c2c1. The number of aryl methyl sites for hydroxylation is 1. The fourth-order valence-corrected chi connectivity index (χ4v) is 3.85. The zero-order valence-corrected chi connectivity index (χ0v) is 18.7. The Bertz CT molecular complexity index is 1310. The molecule has 31 heavy (non-hydrogen) atoms. The minimum atomic E-state index is 0.299. The molecule has 0 amide bonds. The van der Waals surface area contributed by atoms with Crippen LogP contribution in [0.4, 0.5) is 0 Å². The van der Waals surface area contributed by atoms with E-state index < -0.39 is 0 Å². The fourth-order valence-electron chi connectivity index (χ4n) is 3.11. The molecule has 4 nitrogen and oxygen atoms in total. The van der Waals surface area contributed by atoms with Crippen LogP contribution in [0.3, 0.4) is 0 Å². The van der Waals surface area contributed by atoms with Crippen LogP contribution in [-0.4, -0.2) is 9.97 Å². The highest BCUT2D eigenvalue weighted by molar-refractivity contribution is 6.37. The van der Waals surface area contributed by atoms with Crippen molar-refractivity contribution < 1.29 is 4.74 Å². The molecule has 154 valence electrons. The van der Waals surface area contributed by atoms with Gasteiger partial charge in [0.25, 0.3) is 0 Å². The lowest BCUT2D eigenvalue weighted by atomic mass is 10.1. The zero-order chi connectivity index (χ0) is 22.0. The van der Waals surface area contributed by atoms with Gasteiger partial charge < -0.3 is 9.72 Å². The summed E-state index contributed by atoms with van der Waals surface area (Å²) in [6.45, 7) is 2.30. The van der Waals surface area contributed by atoms with E-state index in [1.165, 1.54) is 0 Å². The van der Waals surface area contributed by atoms with Gasteiger partial charge in [0.05, 0.1) is 26.7 Å². The van der Waals surface area contributed by atoms with Gasteiger partial charge in [-0.1, -0.05) is 53.0 Å². The number of hydrogen-bond acceptors (Lipinski definition) is 3. The number of ether oxygens (including phenoxy) is 1. The number of benzene rings is 3. The van der Waals surface area contributed by atoms with Crippen LogP contribution in [0.2, 0.25) is 15.1 Å². The molecule has 0 radical (unpaired) electrons. The van der Waals surface area contributed by atoms with E-state index in [1.807, 2.05) is 37.3 Å². The lowest BCUT2D eigenvalue weighted by Crippen LogP contribution is -1.97. The summed E-state index contributed by atoms with van der Waals surface area (Å²) in [6, 6.07) is 18.8. The van der Waals surface area contributed by atoms with Crippen LogP contribution < -0.4 is 4.74 Å². The Morgan fingerprint density at radius 1 is 1.06 bits per heavy atom. The standard InChI is InChI=1S/C24H16Cl3N3O/c1-14-2-7-21-22(8-14)30-24(29-21)17(12-28)9-16-10-19(26)23(20(27)11-16)31-13-15-3-5-18(25)6-4-15/h2-11H,13H2,1H3,(H,29,30)/b17-9-. The zero-order valence-electron chi connectivity index (χ0n) is 16.4. The van der Waals surface area contributed by atoms with Crippen molar-refractivity contribution in [3.05, 3.63) is 92.2 Å². The average molecular weight is 469 g/mol. The summed E-state index contributed by atoms with van der Waals surface area (Å²) in [5.74, 6) is 0.867. The first-order chi connectivity index (χ1) is 14.9. The van der Waals surface area contributed by atoms with Gasteiger partial charge in [0.2, 0.25) is 0 Å². The number of rotatable bonds is 5. The molecular weight excluding hydrogens is 453 g/mol. The highest BCUT2D eigenvalue weighted by Gasteiger charge is 2.12. The number of imidazole rings is 1. The number of nitrogens with one attached hydrogen (secondary N) is 1. The normalized spacial score (nSPS) is 11.5. The van der Waals surface area contributed by atoms with E-state index in [4.69, 9.17) is 39.5 Å². The van der Waals surface area contributed by atoms with Crippen LogP contribution in [0.15, 0.2) is 54.6 Å². The van der Waals surface area contributed by atoms with Crippen molar-refractivity contribution in [3.63, 3.8) is 0 Å². The summed E-state index contributed by atoms with van der Waals surface area (Å²) in [4.78, 5) is 7.70. The number of fused-ring (bicyclic) bond motifs is 1. The van der Waals surface area contributed by atoms with Gasteiger partial charge in [-0.2, -0.15) is 5.26 Å². The van der Waals surface area contributed by atoms with E-state index in [-0.39, 0.29) is 0 Å². The third-order valence-electron chi connectivity index (χ3n) is 4.64. The molecule has 0 bridgehead atoms. The number of hydrogen-bond donors (Lipinski definition) is 1. The summed E-state index contributed by atoms with van der Waals surface area (Å²) >= 11 is 18.7. The Balaban J connectivity index is 1.60. The lowest BCUT2D eigenvalue weighted by Gasteiger charge is -2.11. The van der Waals surface area contributed by atoms with E-state index in [0.29, 0.717) is 44.4 Å². The number of halogens is 3. The molecule has 3 aromatic carbocycles. The first-order valence-electron chi connectivity index (χ1n) is 9.38. The number of aromatic nitrogens is 2. The molecule has 0 fully saturated rings.